The number of anilines is 1. The molecule has 194 valence electrons. The Hall–Kier alpha value is -3.16. The standard InChI is InChI=1S/C28H29ClN4O3.ClH/c1-4-12-32(15-18-8-11-24-25(13-18)36-16-35-24)28-21-6-5-7-23(21)30-27-26(17(2)31-33(27)28)20-10-9-19(34-3)14-22(20)29;/h8-11,13-14H,4-7,12,15-16H2,1-3H3;1H. The quantitative estimate of drug-likeness (QED) is 0.269. The van der Waals surface area contributed by atoms with E-state index in [2.05, 4.69) is 24.0 Å². The van der Waals surface area contributed by atoms with Crippen molar-refractivity contribution in [2.75, 3.05) is 25.3 Å². The summed E-state index contributed by atoms with van der Waals surface area (Å²) in [7, 11) is 1.64. The molecule has 37 heavy (non-hydrogen) atoms. The first kappa shape index (κ1) is 25.5. The van der Waals surface area contributed by atoms with E-state index < -0.39 is 0 Å². The lowest BCUT2D eigenvalue weighted by Crippen LogP contribution is -2.27. The molecule has 2 aromatic heterocycles. The van der Waals surface area contributed by atoms with Crippen LogP contribution in [0.4, 0.5) is 5.82 Å². The third-order valence-corrected chi connectivity index (χ3v) is 7.30. The van der Waals surface area contributed by atoms with Gasteiger partial charge in [0.25, 0.3) is 0 Å². The first-order valence-corrected chi connectivity index (χ1v) is 12.8. The normalized spacial score (nSPS) is 13.5. The first-order valence-electron chi connectivity index (χ1n) is 12.5. The lowest BCUT2D eigenvalue weighted by atomic mass is 10.1. The van der Waals surface area contributed by atoms with Gasteiger partial charge < -0.3 is 19.1 Å². The van der Waals surface area contributed by atoms with Crippen LogP contribution < -0.4 is 19.1 Å². The second-order valence-electron chi connectivity index (χ2n) is 9.36. The van der Waals surface area contributed by atoms with Gasteiger partial charge >= 0.3 is 0 Å². The number of aryl methyl sites for hydroxylation is 2. The lowest BCUT2D eigenvalue weighted by Gasteiger charge is -2.27. The minimum atomic E-state index is 0. The zero-order valence-corrected chi connectivity index (χ0v) is 22.8. The van der Waals surface area contributed by atoms with Crippen LogP contribution in [0.5, 0.6) is 17.2 Å². The van der Waals surface area contributed by atoms with Crippen LogP contribution in [0.25, 0.3) is 16.8 Å². The molecule has 0 bridgehead atoms. The predicted molar refractivity (Wildman–Crippen MR) is 148 cm³/mol. The summed E-state index contributed by atoms with van der Waals surface area (Å²) >= 11 is 6.72. The number of aromatic nitrogens is 3. The Morgan fingerprint density at radius 3 is 2.73 bits per heavy atom. The predicted octanol–water partition coefficient (Wildman–Crippen LogP) is 6.42. The first-order chi connectivity index (χ1) is 17.6. The van der Waals surface area contributed by atoms with Gasteiger partial charge in [-0.2, -0.15) is 9.61 Å². The number of nitrogens with zero attached hydrogens (tertiary/aromatic N) is 4. The van der Waals surface area contributed by atoms with Crippen LogP contribution in [0.2, 0.25) is 5.02 Å². The number of benzene rings is 2. The molecule has 0 radical (unpaired) electrons. The molecule has 0 spiro atoms. The van der Waals surface area contributed by atoms with Gasteiger partial charge in [0.05, 0.1) is 23.4 Å². The number of fused-ring (bicyclic) bond motifs is 3. The zero-order chi connectivity index (χ0) is 24.8. The van der Waals surface area contributed by atoms with Crippen molar-refractivity contribution >= 4 is 35.5 Å². The molecule has 7 nitrogen and oxygen atoms in total. The van der Waals surface area contributed by atoms with Gasteiger partial charge in [-0.15, -0.1) is 12.4 Å². The number of rotatable bonds is 7. The molecular weight excluding hydrogens is 511 g/mol. The van der Waals surface area contributed by atoms with Crippen molar-refractivity contribution in [2.24, 2.45) is 0 Å². The van der Waals surface area contributed by atoms with Gasteiger partial charge in [-0.05, 0) is 68.5 Å². The van der Waals surface area contributed by atoms with Crippen LogP contribution in [-0.2, 0) is 19.4 Å². The van der Waals surface area contributed by atoms with Gasteiger partial charge in [0.1, 0.15) is 11.6 Å². The maximum absolute atomic E-state index is 6.72. The van der Waals surface area contributed by atoms with Crippen molar-refractivity contribution in [1.29, 1.82) is 0 Å². The SMILES string of the molecule is CCCN(Cc1ccc2c(c1)OCO2)c1c2c(nc3c(-c4ccc(OC)cc4Cl)c(C)nn13)CCC2.Cl. The van der Waals surface area contributed by atoms with E-state index in [4.69, 9.17) is 35.9 Å². The molecule has 0 unspecified atom stereocenters. The Kier molecular flexibility index (Phi) is 7.10. The number of hydrogen-bond donors (Lipinski definition) is 0. The van der Waals surface area contributed by atoms with E-state index in [0.29, 0.717) is 5.02 Å². The summed E-state index contributed by atoms with van der Waals surface area (Å²) in [6.07, 6.45) is 4.10. The summed E-state index contributed by atoms with van der Waals surface area (Å²) < 4.78 is 18.6. The molecule has 6 rings (SSSR count). The number of ether oxygens (including phenoxy) is 3. The Labute approximate surface area is 227 Å². The minimum absolute atomic E-state index is 0. The monoisotopic (exact) mass is 540 g/mol. The molecule has 1 aliphatic heterocycles. The molecule has 0 saturated heterocycles. The molecule has 0 saturated carbocycles. The summed E-state index contributed by atoms with van der Waals surface area (Å²) in [4.78, 5) is 7.57. The summed E-state index contributed by atoms with van der Waals surface area (Å²) in [5, 5.41) is 5.66. The fourth-order valence-corrected chi connectivity index (χ4v) is 5.63. The van der Waals surface area contributed by atoms with Crippen molar-refractivity contribution < 1.29 is 14.2 Å². The Bertz CT molecular complexity index is 1470. The summed E-state index contributed by atoms with van der Waals surface area (Å²) in [6, 6.07) is 12.0. The van der Waals surface area contributed by atoms with E-state index in [9.17, 15) is 0 Å². The second kappa shape index (κ2) is 10.3. The molecule has 1 aliphatic carbocycles. The van der Waals surface area contributed by atoms with Crippen molar-refractivity contribution in [3.63, 3.8) is 0 Å². The number of halogens is 2. The highest BCUT2D eigenvalue weighted by atomic mass is 35.5. The van der Waals surface area contributed by atoms with E-state index in [-0.39, 0.29) is 19.2 Å². The molecular formula is C28H30Cl2N4O3. The topological polar surface area (TPSA) is 61.1 Å². The molecule has 0 N–H and O–H groups in total. The second-order valence-corrected chi connectivity index (χ2v) is 9.77. The van der Waals surface area contributed by atoms with Gasteiger partial charge in [-0.25, -0.2) is 4.98 Å². The number of methoxy groups -OCH3 is 1. The van der Waals surface area contributed by atoms with Gasteiger partial charge in [0.15, 0.2) is 17.1 Å². The molecule has 9 heteroatoms. The van der Waals surface area contributed by atoms with E-state index in [1.165, 1.54) is 11.1 Å². The van der Waals surface area contributed by atoms with Crippen LogP contribution in [0.1, 0.15) is 42.3 Å². The third-order valence-electron chi connectivity index (χ3n) is 6.99. The summed E-state index contributed by atoms with van der Waals surface area (Å²) in [5.74, 6) is 3.47. The largest absolute Gasteiger partial charge is 0.497 e. The van der Waals surface area contributed by atoms with E-state index in [1.54, 1.807) is 7.11 Å². The highest BCUT2D eigenvalue weighted by molar-refractivity contribution is 6.33. The smallest absolute Gasteiger partial charge is 0.231 e. The fourth-order valence-electron chi connectivity index (χ4n) is 5.37. The van der Waals surface area contributed by atoms with Gasteiger partial charge in [0.2, 0.25) is 6.79 Å². The molecule has 0 atom stereocenters. The van der Waals surface area contributed by atoms with Crippen molar-refractivity contribution in [1.82, 2.24) is 14.6 Å². The number of hydrogen-bond acceptors (Lipinski definition) is 6. The van der Waals surface area contributed by atoms with E-state index >= 15 is 0 Å². The molecule has 2 aromatic carbocycles. The molecule has 2 aliphatic rings. The average molecular weight is 541 g/mol. The van der Waals surface area contributed by atoms with Crippen LogP contribution in [0, 0.1) is 6.92 Å². The van der Waals surface area contributed by atoms with E-state index in [1.807, 2.05) is 35.7 Å². The molecule has 4 aromatic rings. The third kappa shape index (κ3) is 4.44. The van der Waals surface area contributed by atoms with Crippen molar-refractivity contribution in [3.8, 4) is 28.4 Å². The summed E-state index contributed by atoms with van der Waals surface area (Å²) in [5.41, 5.74) is 7.27. The van der Waals surface area contributed by atoms with E-state index in [0.717, 1.165) is 90.0 Å². The van der Waals surface area contributed by atoms with Crippen LogP contribution in [0.3, 0.4) is 0 Å². The summed E-state index contributed by atoms with van der Waals surface area (Å²) in [6.45, 7) is 6.16. The molecule has 0 amide bonds. The highest BCUT2D eigenvalue weighted by Crippen LogP contribution is 2.40. The zero-order valence-electron chi connectivity index (χ0n) is 21.2. The lowest BCUT2D eigenvalue weighted by molar-refractivity contribution is 0.174. The maximum Gasteiger partial charge on any atom is 0.231 e. The van der Waals surface area contributed by atoms with Gasteiger partial charge in [-0.1, -0.05) is 24.6 Å². The maximum atomic E-state index is 6.72. The van der Waals surface area contributed by atoms with Gasteiger partial charge in [-0.3, -0.25) is 0 Å². The fraction of sp³-hybridized carbons (Fsp3) is 0.357. The Morgan fingerprint density at radius 2 is 1.95 bits per heavy atom. The molecule has 3 heterocycles. The van der Waals surface area contributed by atoms with Gasteiger partial charge in [0, 0.05) is 29.9 Å². The van der Waals surface area contributed by atoms with Crippen LogP contribution in [-0.4, -0.2) is 35.0 Å². The average Bonchev–Trinajstić information content (AvgIpc) is 3.60. The minimum Gasteiger partial charge on any atom is -0.497 e. The van der Waals surface area contributed by atoms with Crippen molar-refractivity contribution in [2.45, 2.75) is 46.1 Å². The van der Waals surface area contributed by atoms with Crippen LogP contribution >= 0.6 is 24.0 Å². The van der Waals surface area contributed by atoms with Crippen LogP contribution in [0.15, 0.2) is 36.4 Å². The van der Waals surface area contributed by atoms with Crippen molar-refractivity contribution in [3.05, 3.63) is 63.9 Å². The molecule has 0 fully saturated rings. The Morgan fingerprint density at radius 1 is 1.11 bits per heavy atom. The Balaban J connectivity index is 0.00000280. The highest BCUT2D eigenvalue weighted by Gasteiger charge is 2.28.